The highest BCUT2D eigenvalue weighted by molar-refractivity contribution is 4.57. The lowest BCUT2D eigenvalue weighted by molar-refractivity contribution is 0.428. The zero-order valence-corrected chi connectivity index (χ0v) is 35.6. The van der Waals surface area contributed by atoms with Crippen LogP contribution in [0.25, 0.3) is 0 Å². The summed E-state index contributed by atoms with van der Waals surface area (Å²) in [5.74, 6) is 1.91. The quantitative estimate of drug-likeness (QED) is 0.0559. The molecule has 296 valence electrons. The van der Waals surface area contributed by atoms with E-state index in [1.54, 1.807) is 0 Å². The van der Waals surface area contributed by atoms with E-state index in [9.17, 15) is 0 Å². The van der Waals surface area contributed by atoms with Crippen molar-refractivity contribution in [2.24, 2.45) is 11.8 Å². The molecule has 0 nitrogen and oxygen atoms in total. The minimum atomic E-state index is 0.944. The van der Waals surface area contributed by atoms with Gasteiger partial charge in [-0.15, -0.1) is 0 Å². The van der Waals surface area contributed by atoms with Gasteiger partial charge in [-0.3, -0.25) is 0 Å². The molecule has 0 bridgehead atoms. The van der Waals surface area contributed by atoms with E-state index in [2.05, 4.69) is 27.7 Å². The second-order valence-electron chi connectivity index (χ2n) is 17.4. The van der Waals surface area contributed by atoms with E-state index in [1.165, 1.54) is 276 Å². The SMILES string of the molecule is CCCCCCCCCCCCCCCCCCCCCCCCCCCCCCCCCC(C)CCCCCCCCCCC(C)CC. The Balaban J connectivity index is 3.13. The van der Waals surface area contributed by atoms with Gasteiger partial charge in [0.2, 0.25) is 0 Å². The van der Waals surface area contributed by atoms with E-state index in [-0.39, 0.29) is 0 Å². The molecule has 0 rings (SSSR count). The fourth-order valence-electron chi connectivity index (χ4n) is 8.09. The van der Waals surface area contributed by atoms with Crippen LogP contribution in [-0.2, 0) is 0 Å². The molecule has 0 N–H and O–H groups in total. The van der Waals surface area contributed by atoms with E-state index in [1.807, 2.05) is 0 Å². The fraction of sp³-hybridized carbons (Fsp3) is 1.00. The Hall–Kier alpha value is 0. The van der Waals surface area contributed by atoms with Crippen molar-refractivity contribution >= 4 is 0 Å². The molecule has 0 aliphatic heterocycles. The lowest BCUT2D eigenvalue weighted by Gasteiger charge is -2.11. The molecule has 0 heterocycles. The normalized spacial score (nSPS) is 13.0. The molecule has 2 atom stereocenters. The van der Waals surface area contributed by atoms with Crippen LogP contribution < -0.4 is 0 Å². The first kappa shape index (κ1) is 49.0. The van der Waals surface area contributed by atoms with Crippen LogP contribution in [0.3, 0.4) is 0 Å². The summed E-state index contributed by atoms with van der Waals surface area (Å²) in [7, 11) is 0. The van der Waals surface area contributed by atoms with Gasteiger partial charge in [-0.1, -0.05) is 304 Å². The van der Waals surface area contributed by atoms with Crippen LogP contribution in [0.1, 0.15) is 304 Å². The van der Waals surface area contributed by atoms with Crippen LogP contribution in [0.15, 0.2) is 0 Å². The first-order valence-electron chi connectivity index (χ1n) is 24.2. The molecule has 49 heavy (non-hydrogen) atoms. The maximum absolute atomic E-state index is 2.51. The largest absolute Gasteiger partial charge is 0.0654 e. The van der Waals surface area contributed by atoms with Crippen molar-refractivity contribution in [3.05, 3.63) is 0 Å². The highest BCUT2D eigenvalue weighted by Gasteiger charge is 2.03. The number of rotatable bonds is 44. The summed E-state index contributed by atoms with van der Waals surface area (Å²) in [6, 6.07) is 0. The maximum atomic E-state index is 2.51. The molecular weight excluding hydrogens is 589 g/mol. The third-order valence-electron chi connectivity index (χ3n) is 12.1. The molecule has 0 amide bonds. The molecule has 0 saturated heterocycles. The van der Waals surface area contributed by atoms with Gasteiger partial charge >= 0.3 is 0 Å². The first-order chi connectivity index (χ1) is 24.2. The Morgan fingerprint density at radius 2 is 0.367 bits per heavy atom. The average molecular weight is 689 g/mol. The molecule has 0 saturated carbocycles. The molecule has 0 aliphatic rings. The molecule has 2 unspecified atom stereocenters. The third kappa shape index (κ3) is 44.1. The van der Waals surface area contributed by atoms with Gasteiger partial charge in [0.05, 0.1) is 0 Å². The van der Waals surface area contributed by atoms with Gasteiger partial charge < -0.3 is 0 Å². The van der Waals surface area contributed by atoms with Gasteiger partial charge in [0.1, 0.15) is 0 Å². The summed E-state index contributed by atoms with van der Waals surface area (Å²) in [5.41, 5.74) is 0. The minimum Gasteiger partial charge on any atom is -0.0654 e. The van der Waals surface area contributed by atoms with Crippen LogP contribution in [0.2, 0.25) is 0 Å². The summed E-state index contributed by atoms with van der Waals surface area (Å²) in [6.07, 6.45) is 63.7. The molecule has 0 aromatic heterocycles. The molecular formula is C49H100. The molecule has 0 aromatic rings. The predicted octanol–water partition coefficient (Wildman–Crippen LogP) is 19.1. The van der Waals surface area contributed by atoms with Crippen LogP contribution in [0.5, 0.6) is 0 Å². The van der Waals surface area contributed by atoms with E-state index in [0.717, 1.165) is 11.8 Å². The van der Waals surface area contributed by atoms with Crippen molar-refractivity contribution in [1.29, 1.82) is 0 Å². The predicted molar refractivity (Wildman–Crippen MR) is 228 cm³/mol. The summed E-state index contributed by atoms with van der Waals surface area (Å²) in [4.78, 5) is 0. The summed E-state index contributed by atoms with van der Waals surface area (Å²) < 4.78 is 0. The zero-order chi connectivity index (χ0) is 35.6. The standard InChI is InChI=1S/C49H100/c1-5-7-8-9-10-11-12-13-14-15-16-17-18-19-20-21-22-23-24-25-26-27-28-29-30-31-32-33-37-40-43-46-49(4)47-44-41-38-35-34-36-39-42-45-48(3)6-2/h48-49H,5-47H2,1-4H3. The minimum absolute atomic E-state index is 0.944. The molecule has 0 radical (unpaired) electrons. The van der Waals surface area contributed by atoms with Crippen molar-refractivity contribution in [2.45, 2.75) is 304 Å². The Bertz CT molecular complexity index is 550. The van der Waals surface area contributed by atoms with E-state index >= 15 is 0 Å². The summed E-state index contributed by atoms with van der Waals surface area (Å²) >= 11 is 0. The van der Waals surface area contributed by atoms with Crippen molar-refractivity contribution in [2.75, 3.05) is 0 Å². The second-order valence-corrected chi connectivity index (χ2v) is 17.4. The van der Waals surface area contributed by atoms with E-state index in [4.69, 9.17) is 0 Å². The van der Waals surface area contributed by atoms with Crippen molar-refractivity contribution in [3.63, 3.8) is 0 Å². The van der Waals surface area contributed by atoms with Gasteiger partial charge in [-0.05, 0) is 11.8 Å². The van der Waals surface area contributed by atoms with E-state index in [0.29, 0.717) is 0 Å². The van der Waals surface area contributed by atoms with Crippen LogP contribution >= 0.6 is 0 Å². The average Bonchev–Trinajstić information content (AvgIpc) is 3.11. The topological polar surface area (TPSA) is 0 Å². The van der Waals surface area contributed by atoms with Gasteiger partial charge in [0.15, 0.2) is 0 Å². The number of hydrogen-bond donors (Lipinski definition) is 0. The first-order valence-corrected chi connectivity index (χ1v) is 24.2. The van der Waals surface area contributed by atoms with Crippen LogP contribution in [-0.4, -0.2) is 0 Å². The number of unbranched alkanes of at least 4 members (excludes halogenated alkanes) is 37. The molecule has 0 aliphatic carbocycles. The van der Waals surface area contributed by atoms with Crippen molar-refractivity contribution in [1.82, 2.24) is 0 Å². The maximum Gasteiger partial charge on any atom is -0.0443 e. The smallest absolute Gasteiger partial charge is 0.0443 e. The van der Waals surface area contributed by atoms with E-state index < -0.39 is 0 Å². The zero-order valence-electron chi connectivity index (χ0n) is 35.6. The molecule has 0 fully saturated rings. The van der Waals surface area contributed by atoms with Crippen molar-refractivity contribution in [3.8, 4) is 0 Å². The highest BCUT2D eigenvalue weighted by atomic mass is 14.1. The van der Waals surface area contributed by atoms with Crippen molar-refractivity contribution < 1.29 is 0 Å². The lowest BCUT2D eigenvalue weighted by atomic mass is 9.95. The monoisotopic (exact) mass is 689 g/mol. The van der Waals surface area contributed by atoms with Gasteiger partial charge in [-0.25, -0.2) is 0 Å². The van der Waals surface area contributed by atoms with Gasteiger partial charge in [0, 0.05) is 0 Å². The number of hydrogen-bond acceptors (Lipinski definition) is 0. The second kappa shape index (κ2) is 44.2. The highest BCUT2D eigenvalue weighted by Crippen LogP contribution is 2.20. The fourth-order valence-corrected chi connectivity index (χ4v) is 8.09. The Labute approximate surface area is 314 Å². The Morgan fingerprint density at radius 1 is 0.204 bits per heavy atom. The van der Waals surface area contributed by atoms with Gasteiger partial charge in [-0.2, -0.15) is 0 Å². The van der Waals surface area contributed by atoms with Crippen LogP contribution in [0, 0.1) is 11.8 Å². The van der Waals surface area contributed by atoms with Gasteiger partial charge in [0.25, 0.3) is 0 Å². The Kier molecular flexibility index (Phi) is 44.2. The summed E-state index contributed by atoms with van der Waals surface area (Å²) in [5, 5.41) is 0. The molecule has 0 spiro atoms. The van der Waals surface area contributed by atoms with Crippen LogP contribution in [0.4, 0.5) is 0 Å². The molecule has 0 aromatic carbocycles. The lowest BCUT2D eigenvalue weighted by Crippen LogP contribution is -1.95. The Morgan fingerprint density at radius 3 is 0.551 bits per heavy atom. The third-order valence-corrected chi connectivity index (χ3v) is 12.1. The summed E-state index contributed by atoms with van der Waals surface area (Å²) in [6.45, 7) is 9.57. The molecule has 0 heteroatoms.